The van der Waals surface area contributed by atoms with Gasteiger partial charge in [0.2, 0.25) is 0 Å². The molecule has 3 rings (SSSR count). The lowest BCUT2D eigenvalue weighted by Gasteiger charge is -2.03. The summed E-state index contributed by atoms with van der Waals surface area (Å²) >= 11 is 0. The fourth-order valence-corrected chi connectivity index (χ4v) is 2.03. The molecule has 0 bridgehead atoms. The van der Waals surface area contributed by atoms with E-state index in [-0.39, 0.29) is 5.91 Å². The first-order chi connectivity index (χ1) is 10.3. The molecule has 2 heteroatoms. The quantitative estimate of drug-likeness (QED) is 0.856. The largest absolute Gasteiger partial charge is 0.352 e. The van der Waals surface area contributed by atoms with E-state index in [0.717, 1.165) is 17.7 Å². The van der Waals surface area contributed by atoms with Crippen molar-refractivity contribution in [1.82, 2.24) is 5.32 Å². The minimum absolute atomic E-state index is 0.00414. The van der Waals surface area contributed by atoms with Crippen molar-refractivity contribution in [3.63, 3.8) is 0 Å². The van der Waals surface area contributed by atoms with Gasteiger partial charge in [-0.05, 0) is 55.2 Å². The molecule has 0 atom stereocenters. The lowest BCUT2D eigenvalue weighted by atomic mass is 10.1. The second-order valence-corrected chi connectivity index (χ2v) is 5.35. The van der Waals surface area contributed by atoms with Crippen LogP contribution in [0.1, 0.15) is 34.3 Å². The van der Waals surface area contributed by atoms with Crippen molar-refractivity contribution >= 4 is 5.91 Å². The number of hydrogen-bond donors (Lipinski definition) is 1. The normalized spacial score (nSPS) is 13.1. The van der Waals surface area contributed by atoms with E-state index >= 15 is 0 Å². The van der Waals surface area contributed by atoms with E-state index in [1.807, 2.05) is 54.6 Å². The van der Waals surface area contributed by atoms with E-state index in [4.69, 9.17) is 0 Å². The van der Waals surface area contributed by atoms with E-state index in [1.165, 1.54) is 12.8 Å². The molecule has 1 saturated carbocycles. The highest BCUT2D eigenvalue weighted by atomic mass is 16.1. The maximum atomic E-state index is 11.9. The zero-order chi connectivity index (χ0) is 14.5. The maximum absolute atomic E-state index is 11.9. The van der Waals surface area contributed by atoms with Crippen molar-refractivity contribution in [2.75, 3.05) is 6.54 Å². The van der Waals surface area contributed by atoms with E-state index < -0.39 is 0 Å². The summed E-state index contributed by atoms with van der Waals surface area (Å²) in [6.07, 6.45) is 2.49. The number of amides is 1. The summed E-state index contributed by atoms with van der Waals surface area (Å²) in [7, 11) is 0. The summed E-state index contributed by atoms with van der Waals surface area (Å²) < 4.78 is 0. The summed E-state index contributed by atoms with van der Waals surface area (Å²) in [6, 6.07) is 17.3. The van der Waals surface area contributed by atoms with E-state index in [2.05, 4.69) is 17.2 Å². The van der Waals surface area contributed by atoms with Gasteiger partial charge in [-0.25, -0.2) is 0 Å². The number of nitrogens with one attached hydrogen (secondary N) is 1. The Bertz CT molecular complexity index is 673. The van der Waals surface area contributed by atoms with Crippen molar-refractivity contribution < 1.29 is 4.79 Å². The number of benzene rings is 2. The van der Waals surface area contributed by atoms with Crippen molar-refractivity contribution in [3.8, 4) is 11.8 Å². The number of carbonyl (C=O) groups excluding carboxylic acids is 1. The summed E-state index contributed by atoms with van der Waals surface area (Å²) in [6.45, 7) is 0.800. The fourth-order valence-electron chi connectivity index (χ4n) is 2.03. The molecule has 0 saturated heterocycles. The van der Waals surface area contributed by atoms with E-state index in [9.17, 15) is 4.79 Å². The zero-order valence-corrected chi connectivity index (χ0v) is 11.8. The van der Waals surface area contributed by atoms with Crippen LogP contribution in [0.2, 0.25) is 0 Å². The molecule has 1 amide bonds. The first-order valence-electron chi connectivity index (χ1n) is 7.26. The molecule has 1 N–H and O–H groups in total. The zero-order valence-electron chi connectivity index (χ0n) is 11.8. The van der Waals surface area contributed by atoms with Gasteiger partial charge in [0.05, 0.1) is 0 Å². The summed E-state index contributed by atoms with van der Waals surface area (Å²) in [5.74, 6) is 6.92. The Morgan fingerprint density at radius 2 is 1.57 bits per heavy atom. The Kier molecular flexibility index (Phi) is 4.02. The van der Waals surface area contributed by atoms with Crippen LogP contribution in [0.4, 0.5) is 0 Å². The highest BCUT2D eigenvalue weighted by Crippen LogP contribution is 2.27. The molecule has 104 valence electrons. The lowest BCUT2D eigenvalue weighted by molar-refractivity contribution is 0.0952. The molecule has 0 unspecified atom stereocenters. The van der Waals surface area contributed by atoms with Crippen LogP contribution in [-0.2, 0) is 0 Å². The molecule has 0 radical (unpaired) electrons. The fraction of sp³-hybridized carbons (Fsp3) is 0.211. The molecule has 0 aliphatic heterocycles. The van der Waals surface area contributed by atoms with Gasteiger partial charge in [-0.2, -0.15) is 0 Å². The minimum Gasteiger partial charge on any atom is -0.352 e. The molecule has 0 spiro atoms. The lowest BCUT2D eigenvalue weighted by Crippen LogP contribution is -2.25. The average Bonchev–Trinajstić information content (AvgIpc) is 3.36. The molecule has 0 aromatic heterocycles. The molecular formula is C19H17NO. The van der Waals surface area contributed by atoms with Crippen molar-refractivity contribution in [2.24, 2.45) is 5.92 Å². The number of rotatable bonds is 3. The molecule has 1 aliphatic rings. The number of carbonyl (C=O) groups is 1. The van der Waals surface area contributed by atoms with Crippen molar-refractivity contribution in [1.29, 1.82) is 0 Å². The SMILES string of the molecule is O=C(NCC1CC1)c1ccc(C#Cc2ccccc2)cc1. The van der Waals surface area contributed by atoms with Gasteiger partial charge >= 0.3 is 0 Å². The Balaban J connectivity index is 1.63. The predicted molar refractivity (Wildman–Crippen MR) is 83.9 cm³/mol. The average molecular weight is 275 g/mol. The first-order valence-corrected chi connectivity index (χ1v) is 7.26. The minimum atomic E-state index is 0.00414. The topological polar surface area (TPSA) is 29.1 Å². The second kappa shape index (κ2) is 6.28. The Labute approximate surface area is 125 Å². The van der Waals surface area contributed by atoms with Crippen LogP contribution in [0.5, 0.6) is 0 Å². The van der Waals surface area contributed by atoms with Gasteiger partial charge in [-0.1, -0.05) is 30.0 Å². The van der Waals surface area contributed by atoms with Crippen LogP contribution in [0.15, 0.2) is 54.6 Å². The first kappa shape index (κ1) is 13.5. The Morgan fingerprint density at radius 1 is 0.952 bits per heavy atom. The van der Waals surface area contributed by atoms with Gasteiger partial charge in [0.1, 0.15) is 0 Å². The van der Waals surface area contributed by atoms with Crippen molar-refractivity contribution in [2.45, 2.75) is 12.8 Å². The molecule has 1 fully saturated rings. The van der Waals surface area contributed by atoms with Crippen LogP contribution in [0.25, 0.3) is 0 Å². The van der Waals surface area contributed by atoms with Crippen LogP contribution in [0, 0.1) is 17.8 Å². The molecule has 2 aromatic rings. The summed E-state index contributed by atoms with van der Waals surface area (Å²) in [4.78, 5) is 11.9. The third kappa shape index (κ3) is 3.97. The monoisotopic (exact) mass is 275 g/mol. The smallest absolute Gasteiger partial charge is 0.251 e. The Morgan fingerprint density at radius 3 is 2.19 bits per heavy atom. The van der Waals surface area contributed by atoms with Crippen LogP contribution < -0.4 is 5.32 Å². The van der Waals surface area contributed by atoms with Gasteiger partial charge in [-0.15, -0.1) is 0 Å². The highest BCUT2D eigenvalue weighted by molar-refractivity contribution is 5.94. The van der Waals surface area contributed by atoms with Gasteiger partial charge in [0, 0.05) is 23.2 Å². The molecule has 1 aliphatic carbocycles. The van der Waals surface area contributed by atoms with Gasteiger partial charge in [0.15, 0.2) is 0 Å². The van der Waals surface area contributed by atoms with Gasteiger partial charge < -0.3 is 5.32 Å². The third-order valence-corrected chi connectivity index (χ3v) is 3.52. The molecule has 0 heterocycles. The second-order valence-electron chi connectivity index (χ2n) is 5.35. The van der Waals surface area contributed by atoms with Crippen LogP contribution in [0.3, 0.4) is 0 Å². The standard InChI is InChI=1S/C19H17NO/c21-19(20-14-17-8-9-17)18-12-10-16(11-13-18)7-6-15-4-2-1-3-5-15/h1-5,10-13,17H,8-9,14H2,(H,20,21). The van der Waals surface area contributed by atoms with Gasteiger partial charge in [0.25, 0.3) is 5.91 Å². The van der Waals surface area contributed by atoms with E-state index in [0.29, 0.717) is 11.5 Å². The summed E-state index contributed by atoms with van der Waals surface area (Å²) in [5.41, 5.74) is 2.60. The van der Waals surface area contributed by atoms with Gasteiger partial charge in [-0.3, -0.25) is 4.79 Å². The molecule has 2 aromatic carbocycles. The summed E-state index contributed by atoms with van der Waals surface area (Å²) in [5, 5.41) is 2.96. The van der Waals surface area contributed by atoms with Crippen molar-refractivity contribution in [3.05, 3.63) is 71.3 Å². The Hall–Kier alpha value is -2.53. The maximum Gasteiger partial charge on any atom is 0.251 e. The van der Waals surface area contributed by atoms with Crippen LogP contribution in [-0.4, -0.2) is 12.5 Å². The highest BCUT2D eigenvalue weighted by Gasteiger charge is 2.21. The molecule has 2 nitrogen and oxygen atoms in total. The van der Waals surface area contributed by atoms with E-state index in [1.54, 1.807) is 0 Å². The number of hydrogen-bond acceptors (Lipinski definition) is 1. The third-order valence-electron chi connectivity index (χ3n) is 3.52. The predicted octanol–water partition coefficient (Wildman–Crippen LogP) is 3.23. The molecular weight excluding hydrogens is 258 g/mol. The molecule has 21 heavy (non-hydrogen) atoms. The van der Waals surface area contributed by atoms with Crippen LogP contribution >= 0.6 is 0 Å².